The Morgan fingerprint density at radius 3 is 2.89 bits per heavy atom. The number of anilines is 1. The Bertz CT molecular complexity index is 542. The number of aromatic nitrogens is 2. The van der Waals surface area contributed by atoms with Crippen LogP contribution in [0.15, 0.2) is 18.2 Å². The minimum atomic E-state index is 0.00501. The van der Waals surface area contributed by atoms with Gasteiger partial charge in [0.05, 0.1) is 10.6 Å². The average molecular weight is 263 g/mol. The molecule has 4 nitrogen and oxygen atoms in total. The molecule has 0 fully saturated rings. The van der Waals surface area contributed by atoms with Gasteiger partial charge in [-0.1, -0.05) is 13.8 Å². The van der Waals surface area contributed by atoms with E-state index >= 15 is 0 Å². The quantitative estimate of drug-likeness (QED) is 0.887. The molecule has 18 heavy (non-hydrogen) atoms. The summed E-state index contributed by atoms with van der Waals surface area (Å²) in [5.41, 5.74) is 0.938. The first-order valence-electron chi connectivity index (χ1n) is 5.96. The van der Waals surface area contributed by atoms with Crippen LogP contribution >= 0.6 is 11.3 Å². The minimum Gasteiger partial charge on any atom is -0.309 e. The molecular weight excluding hydrogens is 246 g/mol. The largest absolute Gasteiger partial charge is 0.309 e. The van der Waals surface area contributed by atoms with Crippen molar-refractivity contribution in [2.75, 3.05) is 5.32 Å². The molecule has 0 saturated carbocycles. The van der Waals surface area contributed by atoms with Crippen molar-refractivity contribution in [3.8, 4) is 10.6 Å². The Labute approximate surface area is 110 Å². The first kappa shape index (κ1) is 12.8. The number of nitrogens with one attached hydrogen (secondary N) is 2. The molecule has 0 radical (unpaired) electrons. The van der Waals surface area contributed by atoms with Gasteiger partial charge in [-0.2, -0.15) is 5.10 Å². The molecule has 0 aliphatic carbocycles. The monoisotopic (exact) mass is 263 g/mol. The van der Waals surface area contributed by atoms with Crippen LogP contribution in [0.4, 0.5) is 5.82 Å². The van der Waals surface area contributed by atoms with Crippen molar-refractivity contribution in [3.05, 3.63) is 23.1 Å². The smallest absolute Gasteiger partial charge is 0.225 e. The summed E-state index contributed by atoms with van der Waals surface area (Å²) in [6, 6.07) is 5.98. The predicted molar refractivity (Wildman–Crippen MR) is 74.7 cm³/mol. The first-order chi connectivity index (χ1) is 8.54. The van der Waals surface area contributed by atoms with Gasteiger partial charge in [-0.3, -0.25) is 9.89 Å². The van der Waals surface area contributed by atoms with Crippen molar-refractivity contribution in [1.29, 1.82) is 0 Å². The maximum Gasteiger partial charge on any atom is 0.225 e. The van der Waals surface area contributed by atoms with Crippen LogP contribution in [0.5, 0.6) is 0 Å². The zero-order valence-corrected chi connectivity index (χ0v) is 11.6. The van der Waals surface area contributed by atoms with E-state index in [1.807, 2.05) is 26.0 Å². The highest BCUT2D eigenvalue weighted by Gasteiger charge is 2.09. The van der Waals surface area contributed by atoms with Crippen LogP contribution < -0.4 is 5.32 Å². The Hall–Kier alpha value is -1.62. The van der Waals surface area contributed by atoms with Gasteiger partial charge in [-0.25, -0.2) is 0 Å². The lowest BCUT2D eigenvalue weighted by atomic mass is 10.1. The topological polar surface area (TPSA) is 57.8 Å². The van der Waals surface area contributed by atoms with Crippen LogP contribution in [0, 0.1) is 12.8 Å². The highest BCUT2D eigenvalue weighted by Crippen LogP contribution is 2.27. The third-order valence-corrected chi connectivity index (χ3v) is 3.48. The van der Waals surface area contributed by atoms with Gasteiger partial charge in [-0.05, 0) is 25.0 Å². The van der Waals surface area contributed by atoms with Gasteiger partial charge in [0, 0.05) is 17.4 Å². The number of carbonyl (C=O) groups excluding carboxylic acids is 1. The summed E-state index contributed by atoms with van der Waals surface area (Å²) < 4.78 is 0. The molecule has 2 heterocycles. The summed E-state index contributed by atoms with van der Waals surface area (Å²) in [5, 5.41) is 9.83. The number of rotatable bonds is 4. The van der Waals surface area contributed by atoms with Crippen molar-refractivity contribution in [2.24, 2.45) is 5.92 Å². The highest BCUT2D eigenvalue weighted by molar-refractivity contribution is 7.15. The predicted octanol–water partition coefficient (Wildman–Crippen LogP) is 3.43. The first-order valence-corrected chi connectivity index (χ1v) is 6.78. The fraction of sp³-hybridized carbons (Fsp3) is 0.385. The van der Waals surface area contributed by atoms with E-state index in [1.54, 1.807) is 11.3 Å². The average Bonchev–Trinajstić information content (AvgIpc) is 2.85. The minimum absolute atomic E-state index is 0.00501. The number of hydrogen-bond donors (Lipinski definition) is 2. The van der Waals surface area contributed by atoms with Crippen molar-refractivity contribution in [1.82, 2.24) is 10.2 Å². The molecular formula is C13H17N3OS. The van der Waals surface area contributed by atoms with E-state index in [1.165, 1.54) is 4.88 Å². The summed E-state index contributed by atoms with van der Waals surface area (Å²) in [7, 11) is 0. The summed E-state index contributed by atoms with van der Waals surface area (Å²) in [6.45, 7) is 6.10. The zero-order chi connectivity index (χ0) is 13.1. The lowest BCUT2D eigenvalue weighted by Crippen LogP contribution is -2.13. The molecule has 2 N–H and O–H groups in total. The zero-order valence-electron chi connectivity index (χ0n) is 10.8. The third kappa shape index (κ3) is 3.20. The molecule has 0 aromatic carbocycles. The Kier molecular flexibility index (Phi) is 3.81. The number of hydrogen-bond acceptors (Lipinski definition) is 3. The van der Waals surface area contributed by atoms with Crippen molar-refractivity contribution >= 4 is 23.1 Å². The number of carbonyl (C=O) groups is 1. The van der Waals surface area contributed by atoms with Crippen LogP contribution in [-0.4, -0.2) is 16.1 Å². The van der Waals surface area contributed by atoms with Crippen molar-refractivity contribution in [3.63, 3.8) is 0 Å². The highest BCUT2D eigenvalue weighted by atomic mass is 32.1. The van der Waals surface area contributed by atoms with E-state index < -0.39 is 0 Å². The Morgan fingerprint density at radius 2 is 2.28 bits per heavy atom. The molecule has 0 bridgehead atoms. The van der Waals surface area contributed by atoms with Crippen LogP contribution in [0.3, 0.4) is 0 Å². The second-order valence-corrected chi connectivity index (χ2v) is 6.01. The Balaban J connectivity index is 2.04. The summed E-state index contributed by atoms with van der Waals surface area (Å²) in [4.78, 5) is 14.0. The number of thiophene rings is 1. The fourth-order valence-corrected chi connectivity index (χ4v) is 2.49. The number of aromatic amines is 1. The number of nitrogens with zero attached hydrogens (tertiary/aromatic N) is 1. The molecule has 0 spiro atoms. The van der Waals surface area contributed by atoms with E-state index in [9.17, 15) is 4.79 Å². The summed E-state index contributed by atoms with van der Waals surface area (Å²) in [6.07, 6.45) is 0.514. The molecule has 2 aromatic heterocycles. The normalized spacial score (nSPS) is 10.9. The molecule has 0 aliphatic heterocycles. The molecule has 1 amide bonds. The van der Waals surface area contributed by atoms with Crippen LogP contribution in [0.1, 0.15) is 25.1 Å². The van der Waals surface area contributed by atoms with Crippen molar-refractivity contribution < 1.29 is 4.79 Å². The SMILES string of the molecule is Cc1ccc(-c2cc(NC(=O)CC(C)C)n[nH]2)s1. The van der Waals surface area contributed by atoms with E-state index in [2.05, 4.69) is 28.5 Å². The van der Waals surface area contributed by atoms with Crippen LogP contribution in [0.2, 0.25) is 0 Å². The van der Waals surface area contributed by atoms with Gasteiger partial charge in [-0.15, -0.1) is 11.3 Å². The lowest BCUT2D eigenvalue weighted by Gasteiger charge is -2.03. The van der Waals surface area contributed by atoms with Gasteiger partial charge >= 0.3 is 0 Å². The maximum absolute atomic E-state index is 11.6. The van der Waals surface area contributed by atoms with Crippen LogP contribution in [0.25, 0.3) is 10.6 Å². The van der Waals surface area contributed by atoms with Gasteiger partial charge < -0.3 is 5.32 Å². The second kappa shape index (κ2) is 5.35. The molecule has 0 unspecified atom stereocenters. The number of amides is 1. The van der Waals surface area contributed by atoms with Crippen molar-refractivity contribution in [2.45, 2.75) is 27.2 Å². The van der Waals surface area contributed by atoms with Gasteiger partial charge in [0.1, 0.15) is 0 Å². The molecule has 2 rings (SSSR count). The summed E-state index contributed by atoms with van der Waals surface area (Å²) in [5.74, 6) is 0.940. The lowest BCUT2D eigenvalue weighted by molar-refractivity contribution is -0.116. The number of aryl methyl sites for hydroxylation is 1. The standard InChI is InChI=1S/C13H17N3OS/c1-8(2)6-13(17)14-12-7-10(15-16-12)11-5-4-9(3)18-11/h4-5,7-8H,6H2,1-3H3,(H2,14,15,16,17). The third-order valence-electron chi connectivity index (χ3n) is 2.44. The van der Waals surface area contributed by atoms with E-state index in [0.29, 0.717) is 18.2 Å². The van der Waals surface area contributed by atoms with Gasteiger partial charge in [0.15, 0.2) is 5.82 Å². The van der Waals surface area contributed by atoms with E-state index in [-0.39, 0.29) is 5.91 Å². The molecule has 5 heteroatoms. The fourth-order valence-electron chi connectivity index (χ4n) is 1.66. The molecule has 0 aliphatic rings. The summed E-state index contributed by atoms with van der Waals surface area (Å²) >= 11 is 1.70. The molecule has 0 atom stereocenters. The van der Waals surface area contributed by atoms with Gasteiger partial charge in [0.25, 0.3) is 0 Å². The molecule has 2 aromatic rings. The van der Waals surface area contributed by atoms with E-state index in [4.69, 9.17) is 0 Å². The van der Waals surface area contributed by atoms with Crippen LogP contribution in [-0.2, 0) is 4.79 Å². The molecule has 96 valence electrons. The Morgan fingerprint density at radius 1 is 1.50 bits per heavy atom. The molecule has 0 saturated heterocycles. The maximum atomic E-state index is 11.6. The van der Waals surface area contributed by atoms with Gasteiger partial charge in [0.2, 0.25) is 5.91 Å². The van der Waals surface area contributed by atoms with E-state index in [0.717, 1.165) is 10.6 Å². The number of H-pyrrole nitrogens is 1. The second-order valence-electron chi connectivity index (χ2n) is 4.72.